The van der Waals surface area contributed by atoms with Crippen molar-refractivity contribution >= 4 is 11.8 Å². The minimum absolute atomic E-state index is 0.00229. The van der Waals surface area contributed by atoms with Gasteiger partial charge in [-0.3, -0.25) is 10.8 Å². The number of hydrogen-bond acceptors (Lipinski definition) is 6. The van der Waals surface area contributed by atoms with Crippen molar-refractivity contribution in [2.75, 3.05) is 0 Å². The van der Waals surface area contributed by atoms with Gasteiger partial charge >= 0.3 is 0 Å². The van der Waals surface area contributed by atoms with Crippen LogP contribution >= 0.6 is 0 Å². The molecule has 6 nitrogen and oxygen atoms in total. The second kappa shape index (κ2) is 12.3. The first kappa shape index (κ1) is 34.4. The molecule has 55 heavy (non-hydrogen) atoms. The van der Waals surface area contributed by atoms with E-state index in [9.17, 15) is 0 Å². The van der Waals surface area contributed by atoms with E-state index in [1.807, 2.05) is 42.5 Å². The highest BCUT2D eigenvalue weighted by atomic mass is 16.5. The number of aromatic nitrogens is 2. The fourth-order valence-corrected chi connectivity index (χ4v) is 8.32. The van der Waals surface area contributed by atoms with Gasteiger partial charge in [-0.05, 0) is 115 Å². The van der Waals surface area contributed by atoms with E-state index in [1.165, 1.54) is 22.3 Å². The molecule has 2 aliphatic carbocycles. The first-order valence-corrected chi connectivity index (χ1v) is 18.7. The van der Waals surface area contributed by atoms with E-state index in [0.717, 1.165) is 44.5 Å². The van der Waals surface area contributed by atoms with Gasteiger partial charge in [0.15, 0.2) is 0 Å². The first-order valence-electron chi connectivity index (χ1n) is 18.7. The number of ether oxygens (including phenoxy) is 1. The minimum atomic E-state index is -0.675. The third-order valence-corrected chi connectivity index (χ3v) is 11.2. The molecule has 1 atom stereocenters. The lowest BCUT2D eigenvalue weighted by Gasteiger charge is -2.31. The van der Waals surface area contributed by atoms with E-state index >= 15 is 0 Å². The molecule has 6 aromatic carbocycles. The van der Waals surface area contributed by atoms with Gasteiger partial charge in [0.05, 0.1) is 5.41 Å². The third kappa shape index (κ3) is 5.46. The number of benzene rings is 6. The molecule has 1 heterocycles. The second-order valence-electron chi connectivity index (χ2n) is 16.7. The van der Waals surface area contributed by atoms with E-state index in [-0.39, 0.29) is 22.6 Å². The minimum Gasteiger partial charge on any atom is -0.421 e. The molecular weight excluding hydrogens is 677 g/mol. The molecule has 6 heteroatoms. The fraction of sp³-hybridized carbons (Fsp3) is 0.184. The summed E-state index contributed by atoms with van der Waals surface area (Å²) < 4.78 is 12.3. The Balaban J connectivity index is 1.14. The lowest BCUT2D eigenvalue weighted by molar-refractivity contribution is 0.537. The van der Waals surface area contributed by atoms with Gasteiger partial charge in [0.1, 0.15) is 0 Å². The SMILES string of the molecule is CC(C)(C)c1ccc(C(=N)OC(=N)c2ccc3c(c2)C2(c4ccccc4-3)c3ccccc3-c3ccc(-c4nnc(-c5ccc(C(C)(C)C)cc5)o4)cc32)cc1. The van der Waals surface area contributed by atoms with E-state index in [2.05, 4.69) is 143 Å². The normalized spacial score (nSPS) is 15.3. The summed E-state index contributed by atoms with van der Waals surface area (Å²) in [5.74, 6) is 0.792. The maximum Gasteiger partial charge on any atom is 0.248 e. The molecule has 0 aliphatic heterocycles. The molecule has 1 spiro atoms. The van der Waals surface area contributed by atoms with Crippen molar-refractivity contribution in [3.05, 3.63) is 178 Å². The second-order valence-corrected chi connectivity index (χ2v) is 16.7. The van der Waals surface area contributed by atoms with Crippen LogP contribution in [-0.4, -0.2) is 22.0 Å². The quantitative estimate of drug-likeness (QED) is 0.140. The maximum absolute atomic E-state index is 9.09. The lowest BCUT2D eigenvalue weighted by Crippen LogP contribution is -2.26. The Morgan fingerprint density at radius 1 is 0.491 bits per heavy atom. The van der Waals surface area contributed by atoms with Gasteiger partial charge < -0.3 is 9.15 Å². The topological polar surface area (TPSA) is 95.8 Å². The summed E-state index contributed by atoms with van der Waals surface area (Å²) in [6.07, 6.45) is 0. The summed E-state index contributed by atoms with van der Waals surface area (Å²) in [5.41, 5.74) is 13.8. The van der Waals surface area contributed by atoms with Gasteiger partial charge in [-0.15, -0.1) is 10.2 Å². The van der Waals surface area contributed by atoms with Crippen LogP contribution in [0.4, 0.5) is 0 Å². The standard InChI is InChI=1S/C49H42N4O2/c1-47(2,3)33-21-15-29(16-22-33)43(50)54-44(51)31-19-25-37-35-11-7-9-13-39(35)49(41(37)27-31)40-14-10-8-12-36(40)38-26-20-32(28-42(38)49)46-53-52-45(55-46)30-17-23-34(24-18-30)48(4,5)6/h7-28,50-51H,1-6H3. The van der Waals surface area contributed by atoms with Gasteiger partial charge in [0, 0.05) is 22.3 Å². The van der Waals surface area contributed by atoms with Gasteiger partial charge in [0.25, 0.3) is 0 Å². The van der Waals surface area contributed by atoms with Crippen LogP contribution in [0, 0.1) is 10.8 Å². The molecule has 0 radical (unpaired) electrons. The molecule has 270 valence electrons. The summed E-state index contributed by atoms with van der Waals surface area (Å²) in [4.78, 5) is 0. The van der Waals surface area contributed by atoms with Gasteiger partial charge in [-0.2, -0.15) is 0 Å². The van der Waals surface area contributed by atoms with Crippen molar-refractivity contribution in [1.82, 2.24) is 10.2 Å². The molecular formula is C49H42N4O2. The summed E-state index contributed by atoms with van der Waals surface area (Å²) in [6.45, 7) is 13.1. The Hall–Kier alpha value is -6.40. The monoisotopic (exact) mass is 718 g/mol. The highest BCUT2D eigenvalue weighted by molar-refractivity contribution is 6.06. The van der Waals surface area contributed by atoms with E-state index in [4.69, 9.17) is 20.0 Å². The lowest BCUT2D eigenvalue weighted by atomic mass is 9.70. The predicted molar refractivity (Wildman–Crippen MR) is 220 cm³/mol. The van der Waals surface area contributed by atoms with Gasteiger partial charge in [-0.1, -0.05) is 126 Å². The highest BCUT2D eigenvalue weighted by Crippen LogP contribution is 2.63. The molecule has 0 bridgehead atoms. The molecule has 0 saturated heterocycles. The average Bonchev–Trinajstić information content (AvgIpc) is 3.87. The molecule has 0 saturated carbocycles. The Labute approximate surface area is 321 Å². The fourth-order valence-electron chi connectivity index (χ4n) is 8.32. The number of hydrogen-bond donors (Lipinski definition) is 2. The van der Waals surface area contributed by atoms with Crippen LogP contribution < -0.4 is 0 Å². The van der Waals surface area contributed by atoms with Crippen molar-refractivity contribution in [3.8, 4) is 45.2 Å². The summed E-state index contributed by atoms with van der Waals surface area (Å²) in [6, 6.07) is 45.9. The van der Waals surface area contributed by atoms with E-state index < -0.39 is 5.41 Å². The molecule has 9 rings (SSSR count). The van der Waals surface area contributed by atoms with Crippen molar-refractivity contribution in [2.45, 2.75) is 57.8 Å². The van der Waals surface area contributed by atoms with Gasteiger partial charge in [0.2, 0.25) is 23.6 Å². The Morgan fingerprint density at radius 2 is 0.927 bits per heavy atom. The van der Waals surface area contributed by atoms with Crippen LogP contribution in [0.2, 0.25) is 0 Å². The van der Waals surface area contributed by atoms with Crippen molar-refractivity contribution < 1.29 is 9.15 Å². The molecule has 1 unspecified atom stereocenters. The van der Waals surface area contributed by atoms with Crippen LogP contribution in [0.1, 0.15) is 86.1 Å². The first-order chi connectivity index (χ1) is 26.3. The zero-order valence-electron chi connectivity index (χ0n) is 31.9. The van der Waals surface area contributed by atoms with Crippen LogP contribution in [0.3, 0.4) is 0 Å². The molecule has 2 aliphatic rings. The van der Waals surface area contributed by atoms with Crippen molar-refractivity contribution in [1.29, 1.82) is 10.8 Å². The van der Waals surface area contributed by atoms with Crippen LogP contribution in [0.5, 0.6) is 0 Å². The zero-order valence-corrected chi connectivity index (χ0v) is 31.9. The van der Waals surface area contributed by atoms with Crippen LogP contribution in [0.15, 0.2) is 138 Å². The molecule has 0 amide bonds. The zero-order chi connectivity index (χ0) is 38.3. The largest absolute Gasteiger partial charge is 0.421 e. The smallest absolute Gasteiger partial charge is 0.248 e. The molecule has 1 aromatic heterocycles. The van der Waals surface area contributed by atoms with Crippen molar-refractivity contribution in [2.24, 2.45) is 0 Å². The number of fused-ring (bicyclic) bond motifs is 10. The Bertz CT molecular complexity index is 2660. The van der Waals surface area contributed by atoms with E-state index in [0.29, 0.717) is 22.9 Å². The molecule has 7 aromatic rings. The molecule has 2 N–H and O–H groups in total. The van der Waals surface area contributed by atoms with Crippen LogP contribution in [-0.2, 0) is 21.0 Å². The Kier molecular flexibility index (Phi) is 7.70. The maximum atomic E-state index is 9.09. The average molecular weight is 719 g/mol. The summed E-state index contributed by atoms with van der Waals surface area (Å²) in [5, 5.41) is 26.9. The molecule has 0 fully saturated rings. The van der Waals surface area contributed by atoms with E-state index in [1.54, 1.807) is 0 Å². The number of nitrogens with one attached hydrogen (secondary N) is 2. The third-order valence-electron chi connectivity index (χ3n) is 11.2. The summed E-state index contributed by atoms with van der Waals surface area (Å²) >= 11 is 0. The Morgan fingerprint density at radius 3 is 1.51 bits per heavy atom. The summed E-state index contributed by atoms with van der Waals surface area (Å²) in [7, 11) is 0. The van der Waals surface area contributed by atoms with Gasteiger partial charge in [-0.25, -0.2) is 0 Å². The predicted octanol–water partition coefficient (Wildman–Crippen LogP) is 11.7. The highest BCUT2D eigenvalue weighted by Gasteiger charge is 2.52. The number of nitrogens with zero attached hydrogens (tertiary/aromatic N) is 2. The van der Waals surface area contributed by atoms with Crippen LogP contribution in [0.25, 0.3) is 45.2 Å². The number of rotatable bonds is 4. The van der Waals surface area contributed by atoms with Crippen molar-refractivity contribution in [3.63, 3.8) is 0 Å².